The van der Waals surface area contributed by atoms with Gasteiger partial charge in [-0.1, -0.05) is 36.2 Å². The summed E-state index contributed by atoms with van der Waals surface area (Å²) in [6.07, 6.45) is 3.11. The van der Waals surface area contributed by atoms with E-state index in [1.807, 2.05) is 31.2 Å². The minimum Gasteiger partial charge on any atom is -0.409 e. The highest BCUT2D eigenvalue weighted by atomic mass is 16.4. The first-order chi connectivity index (χ1) is 9.53. The highest BCUT2D eigenvalue weighted by Gasteiger charge is 2.47. The zero-order chi connectivity index (χ0) is 14.8. The van der Waals surface area contributed by atoms with E-state index in [0.717, 1.165) is 24.1 Å². The van der Waals surface area contributed by atoms with Crippen molar-refractivity contribution in [2.45, 2.75) is 32.6 Å². The van der Waals surface area contributed by atoms with E-state index in [1.165, 1.54) is 0 Å². The molecule has 108 valence electrons. The molecule has 1 amide bonds. The standard InChI is InChI=1S/C15H21N3O2/c1-11-7-3-4-8-12(11)18(2)14(19)15(13(16)17-20)9-5-6-10-15/h3-4,7-8,20H,5-6,9-10H2,1-2H3,(H2,16,17). The zero-order valence-corrected chi connectivity index (χ0v) is 12.0. The van der Waals surface area contributed by atoms with Crippen LogP contribution in [0.4, 0.5) is 5.69 Å². The molecule has 5 nitrogen and oxygen atoms in total. The summed E-state index contributed by atoms with van der Waals surface area (Å²) in [5.41, 5.74) is 6.85. The first-order valence-corrected chi connectivity index (χ1v) is 6.85. The van der Waals surface area contributed by atoms with Gasteiger partial charge in [-0.25, -0.2) is 0 Å². The second-order valence-corrected chi connectivity index (χ2v) is 5.43. The van der Waals surface area contributed by atoms with E-state index in [-0.39, 0.29) is 11.7 Å². The average molecular weight is 275 g/mol. The normalized spacial score (nSPS) is 18.0. The largest absolute Gasteiger partial charge is 0.409 e. The second kappa shape index (κ2) is 5.53. The molecule has 0 atom stereocenters. The molecule has 0 spiro atoms. The summed E-state index contributed by atoms with van der Waals surface area (Å²) < 4.78 is 0. The number of amides is 1. The number of aryl methyl sites for hydroxylation is 1. The van der Waals surface area contributed by atoms with E-state index in [0.29, 0.717) is 12.8 Å². The second-order valence-electron chi connectivity index (χ2n) is 5.43. The number of rotatable bonds is 3. The summed E-state index contributed by atoms with van der Waals surface area (Å²) >= 11 is 0. The van der Waals surface area contributed by atoms with Gasteiger partial charge in [0.15, 0.2) is 5.84 Å². The Morgan fingerprint density at radius 1 is 1.35 bits per heavy atom. The molecule has 1 aromatic carbocycles. The Labute approximate surface area is 119 Å². The number of hydrogen-bond donors (Lipinski definition) is 2. The van der Waals surface area contributed by atoms with Crippen LogP contribution in [0.2, 0.25) is 0 Å². The van der Waals surface area contributed by atoms with Crippen LogP contribution >= 0.6 is 0 Å². The SMILES string of the molecule is Cc1ccccc1N(C)C(=O)C1(C(N)=NO)CCCC1. The maximum absolute atomic E-state index is 12.9. The summed E-state index contributed by atoms with van der Waals surface area (Å²) in [4.78, 5) is 14.5. The van der Waals surface area contributed by atoms with Crippen LogP contribution in [0.3, 0.4) is 0 Å². The van der Waals surface area contributed by atoms with Crippen LogP contribution in [0, 0.1) is 12.3 Å². The molecular formula is C15H21N3O2. The number of nitrogens with zero attached hydrogens (tertiary/aromatic N) is 2. The highest BCUT2D eigenvalue weighted by molar-refractivity contribution is 6.13. The van der Waals surface area contributed by atoms with Gasteiger partial charge in [-0.05, 0) is 31.4 Å². The molecule has 5 heteroatoms. The van der Waals surface area contributed by atoms with Crippen LogP contribution in [0.15, 0.2) is 29.4 Å². The molecule has 0 radical (unpaired) electrons. The van der Waals surface area contributed by atoms with Gasteiger partial charge in [0.25, 0.3) is 0 Å². The van der Waals surface area contributed by atoms with Crippen molar-refractivity contribution in [3.8, 4) is 0 Å². The molecule has 1 saturated carbocycles. The minimum absolute atomic E-state index is 0.0282. The third-order valence-corrected chi connectivity index (χ3v) is 4.25. The number of amidine groups is 1. The molecule has 3 N–H and O–H groups in total. The van der Waals surface area contributed by atoms with E-state index in [4.69, 9.17) is 10.9 Å². The summed E-state index contributed by atoms with van der Waals surface area (Å²) in [6, 6.07) is 7.70. The van der Waals surface area contributed by atoms with Crippen molar-refractivity contribution in [1.82, 2.24) is 0 Å². The predicted molar refractivity (Wildman–Crippen MR) is 78.9 cm³/mol. The summed E-state index contributed by atoms with van der Waals surface area (Å²) in [5.74, 6) is -0.0694. The number of carbonyl (C=O) groups excluding carboxylic acids is 1. The number of hydrogen-bond acceptors (Lipinski definition) is 3. The molecule has 2 rings (SSSR count). The quantitative estimate of drug-likeness (QED) is 0.384. The van der Waals surface area contributed by atoms with E-state index in [1.54, 1.807) is 11.9 Å². The number of para-hydroxylation sites is 1. The maximum Gasteiger partial charge on any atom is 0.240 e. The summed E-state index contributed by atoms with van der Waals surface area (Å²) in [5, 5.41) is 12.1. The van der Waals surface area contributed by atoms with Crippen LogP contribution in [-0.2, 0) is 4.79 Å². The Morgan fingerprint density at radius 2 is 1.95 bits per heavy atom. The molecule has 1 aromatic rings. The van der Waals surface area contributed by atoms with Crippen LogP contribution < -0.4 is 10.6 Å². The Hall–Kier alpha value is -2.04. The Kier molecular flexibility index (Phi) is 3.97. The molecule has 0 saturated heterocycles. The lowest BCUT2D eigenvalue weighted by atomic mass is 9.83. The third-order valence-electron chi connectivity index (χ3n) is 4.25. The van der Waals surface area contributed by atoms with Crippen molar-refractivity contribution in [3.63, 3.8) is 0 Å². The number of benzene rings is 1. The van der Waals surface area contributed by atoms with Crippen LogP contribution in [0.1, 0.15) is 31.2 Å². The molecule has 1 aliphatic carbocycles. The first-order valence-electron chi connectivity index (χ1n) is 6.85. The van der Waals surface area contributed by atoms with Crippen molar-refractivity contribution in [3.05, 3.63) is 29.8 Å². The molecule has 0 bridgehead atoms. The van der Waals surface area contributed by atoms with Gasteiger partial charge in [0.2, 0.25) is 5.91 Å². The topological polar surface area (TPSA) is 78.9 Å². The van der Waals surface area contributed by atoms with Crippen LogP contribution in [0.5, 0.6) is 0 Å². The van der Waals surface area contributed by atoms with Gasteiger partial charge in [-0.3, -0.25) is 4.79 Å². The van der Waals surface area contributed by atoms with Crippen molar-refractivity contribution in [2.75, 3.05) is 11.9 Å². The van der Waals surface area contributed by atoms with E-state index in [9.17, 15) is 4.79 Å². The lowest BCUT2D eigenvalue weighted by Crippen LogP contribution is -2.49. The highest BCUT2D eigenvalue weighted by Crippen LogP contribution is 2.40. The van der Waals surface area contributed by atoms with E-state index >= 15 is 0 Å². The van der Waals surface area contributed by atoms with Crippen molar-refractivity contribution in [1.29, 1.82) is 0 Å². The summed E-state index contributed by atoms with van der Waals surface area (Å²) in [7, 11) is 1.75. The zero-order valence-electron chi connectivity index (χ0n) is 12.0. The first kappa shape index (κ1) is 14.4. The van der Waals surface area contributed by atoms with Gasteiger partial charge in [0.05, 0.1) is 0 Å². The van der Waals surface area contributed by atoms with Gasteiger partial charge in [0, 0.05) is 12.7 Å². The molecule has 20 heavy (non-hydrogen) atoms. The lowest BCUT2D eigenvalue weighted by Gasteiger charge is -2.31. The molecule has 1 fully saturated rings. The lowest BCUT2D eigenvalue weighted by molar-refractivity contribution is -0.124. The van der Waals surface area contributed by atoms with Gasteiger partial charge in [-0.15, -0.1) is 0 Å². The average Bonchev–Trinajstić information content (AvgIpc) is 2.96. The monoisotopic (exact) mass is 275 g/mol. The van der Waals surface area contributed by atoms with E-state index < -0.39 is 5.41 Å². The number of anilines is 1. The number of carbonyl (C=O) groups is 1. The Bertz CT molecular complexity index is 534. The molecule has 0 unspecified atom stereocenters. The number of oxime groups is 1. The third kappa shape index (κ3) is 2.24. The van der Waals surface area contributed by atoms with Crippen LogP contribution in [-0.4, -0.2) is 24.0 Å². The smallest absolute Gasteiger partial charge is 0.240 e. The summed E-state index contributed by atoms with van der Waals surface area (Å²) in [6.45, 7) is 1.96. The Balaban J connectivity index is 2.36. The van der Waals surface area contributed by atoms with Gasteiger partial charge < -0.3 is 15.8 Å². The molecule has 0 aromatic heterocycles. The van der Waals surface area contributed by atoms with Gasteiger partial charge in [0.1, 0.15) is 5.41 Å². The minimum atomic E-state index is -0.855. The van der Waals surface area contributed by atoms with Crippen molar-refractivity contribution < 1.29 is 10.0 Å². The predicted octanol–water partition coefficient (Wildman–Crippen LogP) is 2.26. The van der Waals surface area contributed by atoms with Crippen LogP contribution in [0.25, 0.3) is 0 Å². The molecular weight excluding hydrogens is 254 g/mol. The fourth-order valence-corrected chi connectivity index (χ4v) is 3.02. The van der Waals surface area contributed by atoms with Gasteiger partial charge in [-0.2, -0.15) is 0 Å². The maximum atomic E-state index is 12.9. The number of nitrogens with two attached hydrogens (primary N) is 1. The fraction of sp³-hybridized carbons (Fsp3) is 0.467. The van der Waals surface area contributed by atoms with Crippen molar-refractivity contribution in [2.24, 2.45) is 16.3 Å². The molecule has 0 aliphatic heterocycles. The van der Waals surface area contributed by atoms with Crippen molar-refractivity contribution >= 4 is 17.4 Å². The molecule has 0 heterocycles. The molecule has 1 aliphatic rings. The fourth-order valence-electron chi connectivity index (χ4n) is 3.02. The van der Waals surface area contributed by atoms with E-state index in [2.05, 4.69) is 5.16 Å². The Morgan fingerprint density at radius 3 is 2.50 bits per heavy atom. The van der Waals surface area contributed by atoms with Gasteiger partial charge >= 0.3 is 0 Å².